The molecule has 4 nitrogen and oxygen atoms in total. The van der Waals surface area contributed by atoms with Crippen LogP contribution in [0, 0.1) is 5.82 Å². The monoisotopic (exact) mass is 276 g/mol. The zero-order valence-electron chi connectivity index (χ0n) is 11.4. The molecule has 20 heavy (non-hydrogen) atoms. The number of amides is 1. The van der Waals surface area contributed by atoms with Gasteiger partial charge in [0.2, 0.25) is 0 Å². The molecule has 1 amide bonds. The predicted molar refractivity (Wildman–Crippen MR) is 74.2 cm³/mol. The lowest BCUT2D eigenvalue weighted by molar-refractivity contribution is 0.0851. The van der Waals surface area contributed by atoms with Crippen LogP contribution in [0.3, 0.4) is 0 Å². The van der Waals surface area contributed by atoms with Crippen LogP contribution in [0.15, 0.2) is 24.3 Å². The first-order chi connectivity index (χ1) is 9.65. The third-order valence-corrected chi connectivity index (χ3v) is 3.75. The first-order valence-corrected chi connectivity index (χ1v) is 6.80. The Kier molecular flexibility index (Phi) is 3.44. The van der Waals surface area contributed by atoms with Crippen LogP contribution in [0.2, 0.25) is 0 Å². The highest BCUT2D eigenvalue weighted by molar-refractivity contribution is 5.98. The number of hydrogen-bond acceptors (Lipinski definition) is 2. The van der Waals surface area contributed by atoms with E-state index in [0.29, 0.717) is 17.8 Å². The normalized spacial score (nSPS) is 18.6. The number of rotatable bonds is 3. The van der Waals surface area contributed by atoms with Crippen molar-refractivity contribution in [1.82, 2.24) is 9.88 Å². The van der Waals surface area contributed by atoms with Crippen molar-refractivity contribution in [2.75, 3.05) is 13.2 Å². The minimum atomic E-state index is -0.301. The summed E-state index contributed by atoms with van der Waals surface area (Å²) in [6, 6.07) is 6.30. The van der Waals surface area contributed by atoms with Crippen molar-refractivity contribution in [2.24, 2.45) is 7.05 Å². The van der Waals surface area contributed by atoms with Gasteiger partial charge in [0.1, 0.15) is 11.5 Å². The Morgan fingerprint density at radius 2 is 2.35 bits per heavy atom. The zero-order chi connectivity index (χ0) is 14.1. The average molecular weight is 276 g/mol. The summed E-state index contributed by atoms with van der Waals surface area (Å²) in [6.45, 7) is 1.29. The second-order valence-corrected chi connectivity index (χ2v) is 5.14. The molecule has 0 aliphatic carbocycles. The maximum Gasteiger partial charge on any atom is 0.268 e. The van der Waals surface area contributed by atoms with E-state index < -0.39 is 0 Å². The fourth-order valence-corrected chi connectivity index (χ4v) is 2.62. The van der Waals surface area contributed by atoms with E-state index in [1.807, 2.05) is 0 Å². The molecule has 1 atom stereocenters. The molecule has 1 aromatic heterocycles. The van der Waals surface area contributed by atoms with E-state index in [2.05, 4.69) is 5.32 Å². The van der Waals surface area contributed by atoms with Gasteiger partial charge in [-0.05, 0) is 37.1 Å². The van der Waals surface area contributed by atoms with Crippen molar-refractivity contribution >= 4 is 16.8 Å². The number of fused-ring (bicyclic) bond motifs is 1. The molecular formula is C15H17FN2O2. The molecule has 1 aromatic carbocycles. The Bertz CT molecular complexity index is 645. The maximum absolute atomic E-state index is 13.2. The Balaban J connectivity index is 1.78. The Morgan fingerprint density at radius 1 is 1.50 bits per heavy atom. The molecule has 3 rings (SSSR count). The first-order valence-electron chi connectivity index (χ1n) is 6.80. The maximum atomic E-state index is 13.2. The third-order valence-electron chi connectivity index (χ3n) is 3.75. The average Bonchev–Trinajstić information content (AvgIpc) is 3.05. The Hall–Kier alpha value is -1.88. The SMILES string of the molecule is Cn1c(C(=O)NC[C@@H]2CCCO2)cc2ccc(F)cc21. The number of halogens is 1. The summed E-state index contributed by atoms with van der Waals surface area (Å²) >= 11 is 0. The standard InChI is InChI=1S/C15H17FN2O2/c1-18-13-8-11(16)5-4-10(13)7-14(18)15(19)17-9-12-3-2-6-20-12/h4-5,7-8,12H,2-3,6,9H2,1H3,(H,17,19)/t12-/m0/s1. The summed E-state index contributed by atoms with van der Waals surface area (Å²) in [5.41, 5.74) is 1.25. The van der Waals surface area contributed by atoms with Gasteiger partial charge in [0.15, 0.2) is 0 Å². The Labute approximate surface area is 116 Å². The largest absolute Gasteiger partial charge is 0.376 e. The van der Waals surface area contributed by atoms with E-state index >= 15 is 0 Å². The smallest absolute Gasteiger partial charge is 0.268 e. The van der Waals surface area contributed by atoms with Crippen molar-refractivity contribution < 1.29 is 13.9 Å². The van der Waals surface area contributed by atoms with E-state index in [4.69, 9.17) is 4.74 Å². The van der Waals surface area contributed by atoms with Gasteiger partial charge in [0.05, 0.1) is 11.6 Å². The molecule has 1 aliphatic rings. The van der Waals surface area contributed by atoms with Crippen LogP contribution in [0.25, 0.3) is 10.9 Å². The lowest BCUT2D eigenvalue weighted by Crippen LogP contribution is -2.32. The summed E-state index contributed by atoms with van der Waals surface area (Å²) in [6.07, 6.45) is 2.15. The molecule has 0 unspecified atom stereocenters. The fraction of sp³-hybridized carbons (Fsp3) is 0.400. The summed E-state index contributed by atoms with van der Waals surface area (Å²) in [5, 5.41) is 3.74. The van der Waals surface area contributed by atoms with Crippen LogP contribution >= 0.6 is 0 Å². The number of nitrogens with one attached hydrogen (secondary N) is 1. The van der Waals surface area contributed by atoms with Crippen molar-refractivity contribution in [1.29, 1.82) is 0 Å². The molecule has 0 radical (unpaired) electrons. The van der Waals surface area contributed by atoms with Gasteiger partial charge >= 0.3 is 0 Å². The molecule has 0 bridgehead atoms. The summed E-state index contributed by atoms with van der Waals surface area (Å²) in [5.74, 6) is -0.454. The predicted octanol–water partition coefficient (Wildman–Crippen LogP) is 2.23. The zero-order valence-corrected chi connectivity index (χ0v) is 11.4. The third kappa shape index (κ3) is 2.41. The van der Waals surface area contributed by atoms with E-state index in [1.54, 1.807) is 23.7 Å². The quantitative estimate of drug-likeness (QED) is 0.934. The number of carbonyl (C=O) groups excluding carboxylic acids is 1. The molecule has 106 valence electrons. The topological polar surface area (TPSA) is 43.3 Å². The van der Waals surface area contributed by atoms with Crippen LogP contribution in [-0.4, -0.2) is 29.7 Å². The van der Waals surface area contributed by atoms with Gasteiger partial charge in [0, 0.05) is 25.6 Å². The van der Waals surface area contributed by atoms with Crippen LogP contribution in [0.1, 0.15) is 23.3 Å². The molecule has 0 saturated carbocycles. The Morgan fingerprint density at radius 3 is 3.10 bits per heavy atom. The lowest BCUT2D eigenvalue weighted by Gasteiger charge is -2.11. The van der Waals surface area contributed by atoms with E-state index in [-0.39, 0.29) is 17.8 Å². The number of aromatic nitrogens is 1. The van der Waals surface area contributed by atoms with Crippen molar-refractivity contribution in [3.8, 4) is 0 Å². The van der Waals surface area contributed by atoms with E-state index in [1.165, 1.54) is 12.1 Å². The van der Waals surface area contributed by atoms with Gasteiger partial charge < -0.3 is 14.6 Å². The number of ether oxygens (including phenoxy) is 1. The van der Waals surface area contributed by atoms with Crippen molar-refractivity contribution in [2.45, 2.75) is 18.9 Å². The molecule has 1 saturated heterocycles. The molecule has 5 heteroatoms. The second kappa shape index (κ2) is 5.25. The molecule has 1 fully saturated rings. The second-order valence-electron chi connectivity index (χ2n) is 5.14. The molecular weight excluding hydrogens is 259 g/mol. The van der Waals surface area contributed by atoms with Gasteiger partial charge in [-0.15, -0.1) is 0 Å². The highest BCUT2D eigenvalue weighted by Crippen LogP contribution is 2.20. The van der Waals surface area contributed by atoms with Crippen molar-refractivity contribution in [3.05, 3.63) is 35.8 Å². The first kappa shape index (κ1) is 13.1. The van der Waals surface area contributed by atoms with E-state index in [9.17, 15) is 9.18 Å². The summed E-state index contributed by atoms with van der Waals surface area (Å²) < 4.78 is 20.4. The highest BCUT2D eigenvalue weighted by atomic mass is 19.1. The van der Waals surface area contributed by atoms with Crippen LogP contribution in [-0.2, 0) is 11.8 Å². The van der Waals surface area contributed by atoms with Crippen LogP contribution in [0.5, 0.6) is 0 Å². The van der Waals surface area contributed by atoms with E-state index in [0.717, 1.165) is 24.8 Å². The number of aryl methyl sites for hydroxylation is 1. The van der Waals surface area contributed by atoms with Gasteiger partial charge in [0.25, 0.3) is 5.91 Å². The summed E-state index contributed by atoms with van der Waals surface area (Å²) in [4.78, 5) is 12.2. The lowest BCUT2D eigenvalue weighted by atomic mass is 10.2. The van der Waals surface area contributed by atoms with Crippen LogP contribution in [0.4, 0.5) is 4.39 Å². The number of hydrogen-bond donors (Lipinski definition) is 1. The highest BCUT2D eigenvalue weighted by Gasteiger charge is 2.18. The fourth-order valence-electron chi connectivity index (χ4n) is 2.62. The summed E-state index contributed by atoms with van der Waals surface area (Å²) in [7, 11) is 1.77. The minimum absolute atomic E-state index is 0.117. The van der Waals surface area contributed by atoms with Crippen LogP contribution < -0.4 is 5.32 Å². The minimum Gasteiger partial charge on any atom is -0.376 e. The van der Waals surface area contributed by atoms with Gasteiger partial charge in [-0.2, -0.15) is 0 Å². The molecule has 2 heterocycles. The van der Waals surface area contributed by atoms with Crippen molar-refractivity contribution in [3.63, 3.8) is 0 Å². The van der Waals surface area contributed by atoms with Gasteiger partial charge in [-0.1, -0.05) is 0 Å². The number of nitrogens with zero attached hydrogens (tertiary/aromatic N) is 1. The number of benzene rings is 1. The van der Waals surface area contributed by atoms with Gasteiger partial charge in [-0.3, -0.25) is 4.79 Å². The molecule has 2 aromatic rings. The molecule has 1 aliphatic heterocycles. The number of carbonyl (C=O) groups is 1. The molecule has 1 N–H and O–H groups in total. The molecule has 0 spiro atoms. The van der Waals surface area contributed by atoms with Gasteiger partial charge in [-0.25, -0.2) is 4.39 Å².